The lowest BCUT2D eigenvalue weighted by Crippen LogP contribution is -2.15. The Bertz CT molecular complexity index is 1120. The van der Waals surface area contributed by atoms with E-state index in [9.17, 15) is 22.8 Å². The Morgan fingerprint density at radius 3 is 2.33 bits per heavy atom. The molecule has 0 aliphatic rings. The van der Waals surface area contributed by atoms with Crippen LogP contribution in [-0.4, -0.2) is 22.9 Å². The summed E-state index contributed by atoms with van der Waals surface area (Å²) in [4.78, 5) is 24.8. The third kappa shape index (κ3) is 4.17. The maximum absolute atomic E-state index is 13.0. The number of halogens is 3. The van der Waals surface area contributed by atoms with Crippen LogP contribution < -0.4 is 0 Å². The maximum Gasteiger partial charge on any atom is 0.416 e. The topological polar surface area (TPSA) is 61.4 Å². The fourth-order valence-electron chi connectivity index (χ4n) is 3.38. The molecule has 1 aromatic carbocycles. The van der Waals surface area contributed by atoms with E-state index in [1.54, 1.807) is 38.3 Å². The quantitative estimate of drug-likeness (QED) is 0.413. The van der Waals surface area contributed by atoms with Gasteiger partial charge in [-0.1, -0.05) is 6.07 Å². The predicted octanol–water partition coefficient (Wildman–Crippen LogP) is 5.36. The van der Waals surface area contributed by atoms with Gasteiger partial charge in [0.25, 0.3) is 0 Å². The Balaban J connectivity index is 1.82. The van der Waals surface area contributed by atoms with Gasteiger partial charge in [0.05, 0.1) is 5.56 Å². The molecule has 8 heteroatoms. The second-order valence-electron chi connectivity index (χ2n) is 6.99. The average molecular weight is 419 g/mol. The third-order valence-corrected chi connectivity index (χ3v) is 4.76. The summed E-state index contributed by atoms with van der Waals surface area (Å²) >= 11 is 0. The fourth-order valence-corrected chi connectivity index (χ4v) is 3.38. The van der Waals surface area contributed by atoms with Crippen molar-refractivity contribution >= 4 is 11.8 Å². The van der Waals surface area contributed by atoms with E-state index < -0.39 is 30.1 Å². The molecule has 5 nitrogen and oxygen atoms in total. The van der Waals surface area contributed by atoms with Crippen LogP contribution in [0.5, 0.6) is 0 Å². The highest BCUT2D eigenvalue weighted by atomic mass is 19.4. The number of furan rings is 1. The molecule has 0 aliphatic carbocycles. The Morgan fingerprint density at radius 2 is 1.73 bits per heavy atom. The van der Waals surface area contributed by atoms with Gasteiger partial charge < -0.3 is 13.7 Å². The number of rotatable bonds is 5. The molecule has 0 saturated carbocycles. The summed E-state index contributed by atoms with van der Waals surface area (Å²) < 4.78 is 51.1. The summed E-state index contributed by atoms with van der Waals surface area (Å²) in [7, 11) is 0. The van der Waals surface area contributed by atoms with Crippen LogP contribution in [0, 0.1) is 27.7 Å². The highest BCUT2D eigenvalue weighted by Gasteiger charge is 2.31. The standard InChI is InChI=1S/C22H20F3NO4/c1-12-8-18(20(27)11-29-21(28)19-9-13(2)30-15(19)4)14(3)26(12)17-7-5-6-16(10-17)22(23,24)25/h5-10H,11H2,1-4H3. The van der Waals surface area contributed by atoms with Gasteiger partial charge in [-0.05, 0) is 58.0 Å². The highest BCUT2D eigenvalue weighted by molar-refractivity contribution is 6.00. The van der Waals surface area contributed by atoms with Crippen molar-refractivity contribution in [2.24, 2.45) is 0 Å². The summed E-state index contributed by atoms with van der Waals surface area (Å²) in [6, 6.07) is 7.96. The van der Waals surface area contributed by atoms with Crippen molar-refractivity contribution in [1.82, 2.24) is 4.57 Å². The molecule has 0 spiro atoms. The van der Waals surface area contributed by atoms with Crippen LogP contribution in [0.4, 0.5) is 13.2 Å². The molecule has 3 aromatic rings. The SMILES string of the molecule is Cc1cc(C(=O)OCC(=O)c2cc(C)n(-c3cccc(C(F)(F)F)c3)c2C)c(C)o1. The van der Waals surface area contributed by atoms with Gasteiger partial charge in [-0.2, -0.15) is 13.2 Å². The number of carbonyl (C=O) groups excluding carboxylic acids is 2. The molecule has 0 saturated heterocycles. The number of alkyl halides is 3. The summed E-state index contributed by atoms with van der Waals surface area (Å²) in [6.45, 7) is 6.14. The number of nitrogens with zero attached hydrogens (tertiary/aromatic N) is 1. The van der Waals surface area contributed by atoms with Crippen molar-refractivity contribution in [3.8, 4) is 5.69 Å². The maximum atomic E-state index is 13.0. The van der Waals surface area contributed by atoms with E-state index in [1.165, 1.54) is 18.2 Å². The molecule has 2 heterocycles. The molecule has 0 aliphatic heterocycles. The molecule has 0 amide bonds. The molecular weight excluding hydrogens is 399 g/mol. The number of hydrogen-bond donors (Lipinski definition) is 0. The number of aryl methyl sites for hydroxylation is 3. The Labute approximate surface area is 171 Å². The first-order valence-electron chi connectivity index (χ1n) is 9.13. The zero-order valence-electron chi connectivity index (χ0n) is 16.9. The molecule has 30 heavy (non-hydrogen) atoms. The number of aromatic nitrogens is 1. The molecular formula is C22H20F3NO4. The van der Waals surface area contributed by atoms with Crippen LogP contribution in [0.25, 0.3) is 5.69 Å². The third-order valence-electron chi connectivity index (χ3n) is 4.76. The van der Waals surface area contributed by atoms with E-state index in [1.807, 2.05) is 0 Å². The summed E-state index contributed by atoms with van der Waals surface area (Å²) in [5, 5.41) is 0. The minimum Gasteiger partial charge on any atom is -0.466 e. The van der Waals surface area contributed by atoms with Crippen LogP contribution >= 0.6 is 0 Å². The van der Waals surface area contributed by atoms with E-state index in [0.717, 1.165) is 12.1 Å². The van der Waals surface area contributed by atoms with Crippen molar-refractivity contribution in [2.75, 3.05) is 6.61 Å². The zero-order chi connectivity index (χ0) is 22.2. The lowest BCUT2D eigenvalue weighted by atomic mass is 10.1. The number of esters is 1. The second-order valence-corrected chi connectivity index (χ2v) is 6.99. The first-order chi connectivity index (χ1) is 14.0. The normalized spacial score (nSPS) is 11.6. The lowest BCUT2D eigenvalue weighted by Gasteiger charge is -2.13. The molecule has 0 radical (unpaired) electrons. The Kier molecular flexibility index (Phi) is 5.61. The predicted molar refractivity (Wildman–Crippen MR) is 103 cm³/mol. The van der Waals surface area contributed by atoms with Gasteiger partial charge in [0.1, 0.15) is 17.1 Å². The summed E-state index contributed by atoms with van der Waals surface area (Å²) in [6.07, 6.45) is -4.47. The largest absolute Gasteiger partial charge is 0.466 e. The van der Waals surface area contributed by atoms with Crippen LogP contribution in [-0.2, 0) is 10.9 Å². The van der Waals surface area contributed by atoms with Crippen LogP contribution in [0.1, 0.15) is 49.2 Å². The fraction of sp³-hybridized carbons (Fsp3) is 0.273. The average Bonchev–Trinajstić information content (AvgIpc) is 3.16. The zero-order valence-corrected chi connectivity index (χ0v) is 16.9. The smallest absolute Gasteiger partial charge is 0.416 e. The molecule has 0 unspecified atom stereocenters. The highest BCUT2D eigenvalue weighted by Crippen LogP contribution is 2.31. The van der Waals surface area contributed by atoms with Gasteiger partial charge in [-0.15, -0.1) is 0 Å². The van der Waals surface area contributed by atoms with Crippen molar-refractivity contribution in [1.29, 1.82) is 0 Å². The van der Waals surface area contributed by atoms with Crippen molar-refractivity contribution in [2.45, 2.75) is 33.9 Å². The number of hydrogen-bond acceptors (Lipinski definition) is 4. The Hall–Kier alpha value is -3.29. The van der Waals surface area contributed by atoms with E-state index in [-0.39, 0.29) is 11.1 Å². The van der Waals surface area contributed by atoms with Gasteiger partial charge in [-0.25, -0.2) is 4.79 Å². The number of ketones is 1. The van der Waals surface area contributed by atoms with Gasteiger partial charge >= 0.3 is 12.1 Å². The van der Waals surface area contributed by atoms with Crippen molar-refractivity contribution in [3.63, 3.8) is 0 Å². The summed E-state index contributed by atoms with van der Waals surface area (Å²) in [5.74, 6) is -0.181. The Morgan fingerprint density at radius 1 is 1.03 bits per heavy atom. The molecule has 3 rings (SSSR count). The molecule has 0 bridgehead atoms. The molecule has 2 aromatic heterocycles. The van der Waals surface area contributed by atoms with Crippen molar-refractivity contribution < 1.29 is 31.9 Å². The molecule has 158 valence electrons. The number of Topliss-reactive ketones (excluding diaryl/α,β-unsaturated/α-hetero) is 1. The van der Waals surface area contributed by atoms with Gasteiger partial charge in [0.2, 0.25) is 5.78 Å². The molecule has 0 atom stereocenters. The molecule has 0 fully saturated rings. The number of ether oxygens (including phenoxy) is 1. The van der Waals surface area contributed by atoms with Gasteiger partial charge in [0, 0.05) is 22.6 Å². The van der Waals surface area contributed by atoms with E-state index in [0.29, 0.717) is 28.6 Å². The van der Waals surface area contributed by atoms with Crippen LogP contribution in [0.3, 0.4) is 0 Å². The first kappa shape index (κ1) is 21.4. The summed E-state index contributed by atoms with van der Waals surface area (Å²) in [5.41, 5.74) is 1.08. The first-order valence-corrected chi connectivity index (χ1v) is 9.13. The second kappa shape index (κ2) is 7.85. The van der Waals surface area contributed by atoms with Crippen LogP contribution in [0.15, 0.2) is 40.8 Å². The number of carbonyl (C=O) groups is 2. The van der Waals surface area contributed by atoms with Crippen LogP contribution in [0.2, 0.25) is 0 Å². The minimum absolute atomic E-state index is 0.245. The minimum atomic E-state index is -4.47. The van der Waals surface area contributed by atoms with Gasteiger partial charge in [0.15, 0.2) is 6.61 Å². The monoisotopic (exact) mass is 419 g/mol. The van der Waals surface area contributed by atoms with Gasteiger partial charge in [-0.3, -0.25) is 4.79 Å². The van der Waals surface area contributed by atoms with E-state index in [2.05, 4.69) is 0 Å². The lowest BCUT2D eigenvalue weighted by molar-refractivity contribution is -0.137. The van der Waals surface area contributed by atoms with E-state index in [4.69, 9.17) is 9.15 Å². The van der Waals surface area contributed by atoms with E-state index >= 15 is 0 Å². The number of benzene rings is 1. The molecule has 0 N–H and O–H groups in total. The van der Waals surface area contributed by atoms with Crippen molar-refractivity contribution in [3.05, 3.63) is 76.0 Å².